The zero-order chi connectivity index (χ0) is 15.0. The van der Waals surface area contributed by atoms with Crippen LogP contribution < -0.4 is 19.5 Å². The Morgan fingerprint density at radius 1 is 1.20 bits per heavy atom. The third kappa shape index (κ3) is 4.63. The Balaban J connectivity index is 2.63. The topological polar surface area (TPSA) is 63.5 Å². The van der Waals surface area contributed by atoms with Crippen LogP contribution in [0.15, 0.2) is 18.2 Å². The monoisotopic (exact) mass is 278 g/mol. The summed E-state index contributed by atoms with van der Waals surface area (Å²) in [7, 11) is 3.17. The summed E-state index contributed by atoms with van der Waals surface area (Å²) in [6.07, 6.45) is 0.593. The number of hydrogen-bond donors (Lipinski definition) is 1. The molecule has 0 spiro atoms. The van der Waals surface area contributed by atoms with Crippen LogP contribution in [0.4, 0.5) is 0 Å². The second-order valence-corrected chi connectivity index (χ2v) is 4.63. The first-order valence-electron chi connectivity index (χ1n) is 6.61. The van der Waals surface area contributed by atoms with Gasteiger partial charge in [-0.3, -0.25) is 5.32 Å². The number of benzene rings is 1. The molecule has 0 heterocycles. The van der Waals surface area contributed by atoms with E-state index in [0.29, 0.717) is 30.3 Å². The molecular formula is C15H22N2O3. The molecular weight excluding hydrogens is 256 g/mol. The molecule has 0 bridgehead atoms. The van der Waals surface area contributed by atoms with Gasteiger partial charge in [0.05, 0.1) is 32.9 Å². The number of ether oxygens (including phenoxy) is 3. The molecule has 0 saturated carbocycles. The van der Waals surface area contributed by atoms with Gasteiger partial charge in [-0.15, -0.1) is 0 Å². The predicted octanol–water partition coefficient (Wildman–Crippen LogP) is 2.36. The maximum Gasteiger partial charge on any atom is 0.203 e. The summed E-state index contributed by atoms with van der Waals surface area (Å²) in [6, 6.07) is 7.72. The maximum atomic E-state index is 9.06. The highest BCUT2D eigenvalue weighted by Crippen LogP contribution is 2.36. The number of nitrogens with one attached hydrogen (secondary N) is 1. The van der Waals surface area contributed by atoms with Gasteiger partial charge < -0.3 is 14.2 Å². The molecule has 0 aliphatic rings. The number of methoxy groups -OCH3 is 2. The van der Waals surface area contributed by atoms with Crippen molar-refractivity contribution in [3.63, 3.8) is 0 Å². The molecule has 0 aromatic heterocycles. The summed E-state index contributed by atoms with van der Waals surface area (Å²) in [5.41, 5.74) is 0. The van der Waals surface area contributed by atoms with Gasteiger partial charge in [-0.2, -0.15) is 5.26 Å². The minimum absolute atomic E-state index is 0.226. The van der Waals surface area contributed by atoms with E-state index in [4.69, 9.17) is 19.5 Å². The van der Waals surface area contributed by atoms with Gasteiger partial charge in [-0.05, 0) is 26.0 Å². The smallest absolute Gasteiger partial charge is 0.203 e. The minimum Gasteiger partial charge on any atom is -0.493 e. The van der Waals surface area contributed by atoms with E-state index in [0.717, 1.165) is 0 Å². The van der Waals surface area contributed by atoms with Crippen LogP contribution in [0.25, 0.3) is 0 Å². The number of nitrogens with zero attached hydrogens (tertiary/aromatic N) is 1. The highest BCUT2D eigenvalue weighted by atomic mass is 16.5. The minimum atomic E-state index is -0.226. The van der Waals surface area contributed by atoms with E-state index in [1.54, 1.807) is 14.2 Å². The Bertz CT molecular complexity index is 433. The van der Waals surface area contributed by atoms with Crippen LogP contribution in [0.3, 0.4) is 0 Å². The summed E-state index contributed by atoms with van der Waals surface area (Å²) in [5, 5.41) is 12.2. The summed E-state index contributed by atoms with van der Waals surface area (Å²) in [6.45, 7) is 4.43. The van der Waals surface area contributed by atoms with E-state index in [-0.39, 0.29) is 12.1 Å². The van der Waals surface area contributed by atoms with Crippen molar-refractivity contribution in [1.29, 1.82) is 5.26 Å². The quantitative estimate of drug-likeness (QED) is 0.791. The molecule has 1 atom stereocenters. The number of para-hydroxylation sites is 1. The largest absolute Gasteiger partial charge is 0.493 e. The Morgan fingerprint density at radius 2 is 1.80 bits per heavy atom. The van der Waals surface area contributed by atoms with Crippen LogP contribution in [-0.2, 0) is 0 Å². The van der Waals surface area contributed by atoms with Crippen LogP contribution in [0.1, 0.15) is 20.3 Å². The first kappa shape index (κ1) is 16.1. The van der Waals surface area contributed by atoms with Crippen LogP contribution in [0.5, 0.6) is 17.2 Å². The molecule has 0 amide bonds. The standard InChI is InChI=1S/C15H22N2O3/c1-11(2)17-12(10-16)8-9-20-15-13(18-3)6-5-7-14(15)19-4/h5-7,11-12,17H,8-9H2,1-4H3. The summed E-state index contributed by atoms with van der Waals surface area (Å²) in [4.78, 5) is 0. The fraction of sp³-hybridized carbons (Fsp3) is 0.533. The van der Waals surface area contributed by atoms with E-state index < -0.39 is 0 Å². The zero-order valence-electron chi connectivity index (χ0n) is 12.5. The van der Waals surface area contributed by atoms with E-state index in [2.05, 4.69) is 11.4 Å². The van der Waals surface area contributed by atoms with Crippen molar-refractivity contribution in [3.05, 3.63) is 18.2 Å². The van der Waals surface area contributed by atoms with Gasteiger partial charge in [0.15, 0.2) is 11.5 Å². The normalized spacial score (nSPS) is 11.8. The Morgan fingerprint density at radius 3 is 2.25 bits per heavy atom. The lowest BCUT2D eigenvalue weighted by Gasteiger charge is -2.17. The molecule has 1 N–H and O–H groups in total. The molecule has 1 rings (SSSR count). The third-order valence-electron chi connectivity index (χ3n) is 2.73. The number of rotatable bonds is 8. The fourth-order valence-corrected chi connectivity index (χ4v) is 1.83. The van der Waals surface area contributed by atoms with E-state index in [1.165, 1.54) is 0 Å². The van der Waals surface area contributed by atoms with Crippen molar-refractivity contribution >= 4 is 0 Å². The van der Waals surface area contributed by atoms with Crippen molar-refractivity contribution in [1.82, 2.24) is 5.32 Å². The van der Waals surface area contributed by atoms with Crippen LogP contribution in [0, 0.1) is 11.3 Å². The second-order valence-electron chi connectivity index (χ2n) is 4.63. The first-order chi connectivity index (χ1) is 9.62. The lowest BCUT2D eigenvalue weighted by molar-refractivity contribution is 0.261. The molecule has 0 aliphatic heterocycles. The highest BCUT2D eigenvalue weighted by Gasteiger charge is 2.13. The second kappa shape index (κ2) is 8.28. The molecule has 5 nitrogen and oxygen atoms in total. The van der Waals surface area contributed by atoms with E-state index in [1.807, 2.05) is 32.0 Å². The van der Waals surface area contributed by atoms with Gasteiger partial charge in [0.2, 0.25) is 5.75 Å². The van der Waals surface area contributed by atoms with Gasteiger partial charge >= 0.3 is 0 Å². The molecule has 0 radical (unpaired) electrons. The lowest BCUT2D eigenvalue weighted by Crippen LogP contribution is -2.34. The number of nitriles is 1. The van der Waals surface area contributed by atoms with Gasteiger partial charge in [-0.25, -0.2) is 0 Å². The fourth-order valence-electron chi connectivity index (χ4n) is 1.83. The Kier molecular flexibility index (Phi) is 6.68. The van der Waals surface area contributed by atoms with E-state index >= 15 is 0 Å². The molecule has 20 heavy (non-hydrogen) atoms. The highest BCUT2D eigenvalue weighted by molar-refractivity contribution is 5.51. The molecule has 5 heteroatoms. The predicted molar refractivity (Wildman–Crippen MR) is 77.3 cm³/mol. The van der Waals surface area contributed by atoms with Crippen molar-refractivity contribution in [3.8, 4) is 23.3 Å². The molecule has 1 unspecified atom stereocenters. The van der Waals surface area contributed by atoms with Gasteiger partial charge in [0.1, 0.15) is 0 Å². The average molecular weight is 278 g/mol. The SMILES string of the molecule is COc1cccc(OC)c1OCCC(C#N)NC(C)C. The van der Waals surface area contributed by atoms with Crippen molar-refractivity contribution in [2.24, 2.45) is 0 Å². The molecule has 1 aromatic carbocycles. The summed E-state index contributed by atoms with van der Waals surface area (Å²) >= 11 is 0. The maximum absolute atomic E-state index is 9.06. The molecule has 0 aliphatic carbocycles. The molecule has 0 saturated heterocycles. The van der Waals surface area contributed by atoms with E-state index in [9.17, 15) is 0 Å². The van der Waals surface area contributed by atoms with Crippen LogP contribution in [0.2, 0.25) is 0 Å². The summed E-state index contributed by atoms with van der Waals surface area (Å²) < 4.78 is 16.2. The molecule has 110 valence electrons. The molecule has 1 aromatic rings. The van der Waals surface area contributed by atoms with Crippen molar-refractivity contribution in [2.45, 2.75) is 32.4 Å². The van der Waals surface area contributed by atoms with Gasteiger partial charge in [0.25, 0.3) is 0 Å². The summed E-state index contributed by atoms with van der Waals surface area (Å²) in [5.74, 6) is 1.81. The Labute approximate surface area is 120 Å². The lowest BCUT2D eigenvalue weighted by atomic mass is 10.2. The van der Waals surface area contributed by atoms with Crippen LogP contribution >= 0.6 is 0 Å². The van der Waals surface area contributed by atoms with Crippen molar-refractivity contribution in [2.75, 3.05) is 20.8 Å². The zero-order valence-corrected chi connectivity index (χ0v) is 12.5. The number of hydrogen-bond acceptors (Lipinski definition) is 5. The van der Waals surface area contributed by atoms with Gasteiger partial charge in [0, 0.05) is 12.5 Å². The Hall–Kier alpha value is -1.93. The van der Waals surface area contributed by atoms with Gasteiger partial charge in [-0.1, -0.05) is 6.07 Å². The average Bonchev–Trinajstić information content (AvgIpc) is 2.45. The molecule has 0 fully saturated rings. The van der Waals surface area contributed by atoms with Crippen molar-refractivity contribution < 1.29 is 14.2 Å². The third-order valence-corrected chi connectivity index (χ3v) is 2.73. The first-order valence-corrected chi connectivity index (χ1v) is 6.61. The van der Waals surface area contributed by atoms with Crippen LogP contribution in [-0.4, -0.2) is 32.9 Å².